The van der Waals surface area contributed by atoms with E-state index in [9.17, 15) is 0 Å². The number of nitrogens with zero attached hydrogens (tertiary/aromatic N) is 1. The Balaban J connectivity index is 0.000000684. The molecule has 0 unspecified atom stereocenters. The van der Waals surface area contributed by atoms with Gasteiger partial charge >= 0.3 is 0 Å². The molecule has 2 rings (SSSR count). The van der Waals surface area contributed by atoms with E-state index in [1.807, 2.05) is 30.3 Å². The number of unbranched alkanes of at least 4 members (excludes halogenated alkanes) is 2. The SMILES string of the molecule is C=C(CN(CCCC)CCCC)[c-]1cccc1.[Fe].[cH-]1[cH-][cH-][cH-][cH-]1. The van der Waals surface area contributed by atoms with Gasteiger partial charge in [0.15, 0.2) is 0 Å². The fraction of sp³-hybridized carbons (Fsp3) is 0.429. The third-order valence-corrected chi connectivity index (χ3v) is 3.70. The van der Waals surface area contributed by atoms with Crippen LogP contribution >= 0.6 is 0 Å². The van der Waals surface area contributed by atoms with Crippen molar-refractivity contribution in [3.63, 3.8) is 0 Å². The molecule has 23 heavy (non-hydrogen) atoms. The monoisotopic (exact) mass is 353 g/mol. The summed E-state index contributed by atoms with van der Waals surface area (Å²) in [5, 5.41) is 0. The molecule has 134 valence electrons. The molecular weight excluding hydrogens is 322 g/mol. The summed E-state index contributed by atoms with van der Waals surface area (Å²) >= 11 is 0. The summed E-state index contributed by atoms with van der Waals surface area (Å²) in [6.07, 6.45) is 5.12. The number of hydrogen-bond donors (Lipinski definition) is 0. The van der Waals surface area contributed by atoms with Crippen molar-refractivity contribution < 1.29 is 17.1 Å². The van der Waals surface area contributed by atoms with Gasteiger partial charge in [-0.25, -0.2) is 0 Å². The summed E-state index contributed by atoms with van der Waals surface area (Å²) in [6, 6.07) is 18.5. The van der Waals surface area contributed by atoms with Crippen LogP contribution in [-0.4, -0.2) is 24.5 Å². The van der Waals surface area contributed by atoms with Crippen LogP contribution in [0.3, 0.4) is 0 Å². The Bertz CT molecular complexity index is 431. The molecule has 0 atom stereocenters. The molecular formula is C21H31FeN-6. The van der Waals surface area contributed by atoms with Gasteiger partial charge < -0.3 is 35.2 Å². The molecule has 0 fully saturated rings. The van der Waals surface area contributed by atoms with Gasteiger partial charge in [-0.3, -0.25) is 0 Å². The van der Waals surface area contributed by atoms with Gasteiger partial charge in [-0.15, -0.1) is 23.3 Å². The Morgan fingerprint density at radius 2 is 1.35 bits per heavy atom. The van der Waals surface area contributed by atoms with Crippen molar-refractivity contribution in [3.05, 3.63) is 66.7 Å². The normalized spacial score (nSPS) is 9.87. The fourth-order valence-electron chi connectivity index (χ4n) is 2.33. The van der Waals surface area contributed by atoms with Crippen LogP contribution in [-0.2, 0) is 17.1 Å². The second-order valence-electron chi connectivity index (χ2n) is 5.72. The van der Waals surface area contributed by atoms with Crippen molar-refractivity contribution in [1.29, 1.82) is 0 Å². The van der Waals surface area contributed by atoms with Crippen molar-refractivity contribution in [2.24, 2.45) is 0 Å². The standard InChI is InChI=1S/C16H26N.C5H5.Fe/c1-4-6-12-17(13-7-5-2)14-15(3)16-10-8-9-11-16;1-2-4-5-3-1;/h8-11H,3-7,12-14H2,1-2H3;1-5H;/q-1;-5;. The summed E-state index contributed by atoms with van der Waals surface area (Å²) in [6.45, 7) is 12.1. The van der Waals surface area contributed by atoms with Crippen molar-refractivity contribution in [3.8, 4) is 0 Å². The maximum Gasteiger partial charge on any atom is 0.00644 e. The minimum atomic E-state index is 0. The topological polar surface area (TPSA) is 3.24 Å². The molecule has 0 bridgehead atoms. The van der Waals surface area contributed by atoms with Gasteiger partial charge in [0.25, 0.3) is 0 Å². The average Bonchev–Trinajstić information content (AvgIpc) is 3.25. The molecule has 0 aliphatic carbocycles. The van der Waals surface area contributed by atoms with E-state index >= 15 is 0 Å². The molecule has 0 radical (unpaired) electrons. The van der Waals surface area contributed by atoms with Crippen LogP contribution in [0.4, 0.5) is 0 Å². The Morgan fingerprint density at radius 1 is 0.913 bits per heavy atom. The Hall–Kier alpha value is -1.08. The predicted molar refractivity (Wildman–Crippen MR) is 99.4 cm³/mol. The molecule has 1 nitrogen and oxygen atoms in total. The number of hydrogen-bond acceptors (Lipinski definition) is 1. The molecule has 2 aromatic carbocycles. The minimum Gasteiger partial charge on any atom is -0.748 e. The van der Waals surface area contributed by atoms with E-state index in [1.54, 1.807) is 0 Å². The molecule has 0 aromatic heterocycles. The Labute approximate surface area is 153 Å². The fourth-order valence-corrected chi connectivity index (χ4v) is 2.33. The maximum absolute atomic E-state index is 4.21. The zero-order chi connectivity index (χ0) is 16.0. The molecule has 0 aliphatic rings. The van der Waals surface area contributed by atoms with Crippen LogP contribution in [0.5, 0.6) is 0 Å². The van der Waals surface area contributed by atoms with Gasteiger partial charge in [0.1, 0.15) is 0 Å². The van der Waals surface area contributed by atoms with Gasteiger partial charge in [-0.2, -0.15) is 18.7 Å². The zero-order valence-corrected chi connectivity index (χ0v) is 15.8. The summed E-state index contributed by atoms with van der Waals surface area (Å²) in [4.78, 5) is 2.54. The molecule has 0 aliphatic heterocycles. The van der Waals surface area contributed by atoms with Crippen LogP contribution in [0.2, 0.25) is 0 Å². The average molecular weight is 353 g/mol. The van der Waals surface area contributed by atoms with Gasteiger partial charge in [-0.1, -0.05) is 26.7 Å². The van der Waals surface area contributed by atoms with Crippen molar-refractivity contribution in [2.45, 2.75) is 39.5 Å². The molecule has 2 heteroatoms. The predicted octanol–water partition coefficient (Wildman–Crippen LogP) is 5.72. The smallest absolute Gasteiger partial charge is 0.00644 e. The summed E-state index contributed by atoms with van der Waals surface area (Å²) < 4.78 is 0. The third kappa shape index (κ3) is 10.3. The van der Waals surface area contributed by atoms with E-state index in [1.165, 1.54) is 49.9 Å². The summed E-state index contributed by atoms with van der Waals surface area (Å²) in [5.74, 6) is 0. The second-order valence-corrected chi connectivity index (χ2v) is 5.72. The first-order valence-corrected chi connectivity index (χ1v) is 8.56. The molecule has 0 saturated heterocycles. The van der Waals surface area contributed by atoms with E-state index < -0.39 is 0 Å². The van der Waals surface area contributed by atoms with E-state index in [2.05, 4.69) is 49.6 Å². The zero-order valence-electron chi connectivity index (χ0n) is 14.7. The Kier molecular flexibility index (Phi) is 13.8. The van der Waals surface area contributed by atoms with Gasteiger partial charge in [0.05, 0.1) is 0 Å². The van der Waals surface area contributed by atoms with E-state index in [-0.39, 0.29) is 17.1 Å². The van der Waals surface area contributed by atoms with Crippen LogP contribution < -0.4 is 0 Å². The van der Waals surface area contributed by atoms with Crippen molar-refractivity contribution >= 4 is 5.57 Å². The van der Waals surface area contributed by atoms with Crippen LogP contribution in [0, 0.1) is 0 Å². The Morgan fingerprint density at radius 3 is 1.74 bits per heavy atom. The first-order valence-electron chi connectivity index (χ1n) is 8.56. The maximum atomic E-state index is 4.21. The largest absolute Gasteiger partial charge is 0.748 e. The quantitative estimate of drug-likeness (QED) is 0.411. The molecule has 0 spiro atoms. The second kappa shape index (κ2) is 14.5. The van der Waals surface area contributed by atoms with Crippen LogP contribution in [0.25, 0.3) is 5.57 Å². The first-order chi connectivity index (χ1) is 10.8. The minimum absolute atomic E-state index is 0. The molecule has 0 amide bonds. The van der Waals surface area contributed by atoms with E-state index in [0.717, 1.165) is 6.54 Å². The number of rotatable bonds is 9. The summed E-state index contributed by atoms with van der Waals surface area (Å²) in [7, 11) is 0. The summed E-state index contributed by atoms with van der Waals surface area (Å²) in [5.41, 5.74) is 2.55. The van der Waals surface area contributed by atoms with Gasteiger partial charge in [0.2, 0.25) is 0 Å². The van der Waals surface area contributed by atoms with E-state index in [4.69, 9.17) is 0 Å². The van der Waals surface area contributed by atoms with Crippen molar-refractivity contribution in [1.82, 2.24) is 4.90 Å². The molecule has 0 saturated carbocycles. The van der Waals surface area contributed by atoms with Crippen molar-refractivity contribution in [2.75, 3.05) is 19.6 Å². The molecule has 2 aromatic rings. The van der Waals surface area contributed by atoms with Crippen LogP contribution in [0.1, 0.15) is 45.1 Å². The molecule has 0 N–H and O–H groups in total. The van der Waals surface area contributed by atoms with Gasteiger partial charge in [0, 0.05) is 23.6 Å². The molecule has 0 heterocycles. The van der Waals surface area contributed by atoms with E-state index in [0.29, 0.717) is 0 Å². The van der Waals surface area contributed by atoms with Crippen LogP contribution in [0.15, 0.2) is 61.2 Å². The first kappa shape index (κ1) is 21.9. The van der Waals surface area contributed by atoms with Gasteiger partial charge in [-0.05, 0) is 25.9 Å². The third-order valence-electron chi connectivity index (χ3n) is 3.70.